The van der Waals surface area contributed by atoms with E-state index in [4.69, 9.17) is 9.84 Å². The summed E-state index contributed by atoms with van der Waals surface area (Å²) in [6, 6.07) is 18.3. The summed E-state index contributed by atoms with van der Waals surface area (Å²) in [6.07, 6.45) is 0. The Balaban J connectivity index is 1.75. The summed E-state index contributed by atoms with van der Waals surface area (Å²) in [5, 5.41) is 10.5. The van der Waals surface area contributed by atoms with Crippen LogP contribution < -0.4 is 15.4 Å². The lowest BCUT2D eigenvalue weighted by Gasteiger charge is -2.22. The largest absolute Gasteiger partial charge is 0.492 e. The van der Waals surface area contributed by atoms with Gasteiger partial charge in [0.15, 0.2) is 0 Å². The highest BCUT2D eigenvalue weighted by molar-refractivity contribution is 5.97. The smallest absolute Gasteiger partial charge is 0.322 e. The molecule has 8 heteroatoms. The van der Waals surface area contributed by atoms with Crippen molar-refractivity contribution < 1.29 is 14.3 Å². The Morgan fingerprint density at radius 2 is 1.68 bits per heavy atom. The van der Waals surface area contributed by atoms with Crippen LogP contribution >= 0.6 is 0 Å². The normalized spacial score (nSPS) is 11.1. The Morgan fingerprint density at radius 1 is 1.00 bits per heavy atom. The Bertz CT molecular complexity index is 1120. The molecule has 0 aliphatic heterocycles. The number of rotatable bonds is 8. The van der Waals surface area contributed by atoms with Crippen molar-refractivity contribution in [3.63, 3.8) is 0 Å². The summed E-state index contributed by atoms with van der Waals surface area (Å²) in [4.78, 5) is 27.3. The lowest BCUT2D eigenvalue weighted by atomic mass is 9.92. The second-order valence-electron chi connectivity index (χ2n) is 8.83. The number of nitrogens with one attached hydrogen (secondary N) is 2. The number of ether oxygens (including phenoxy) is 1. The van der Waals surface area contributed by atoms with Crippen molar-refractivity contribution >= 4 is 23.4 Å². The first kappa shape index (κ1) is 24.8. The van der Waals surface area contributed by atoms with Gasteiger partial charge in [0.25, 0.3) is 0 Å². The molecule has 0 saturated heterocycles. The van der Waals surface area contributed by atoms with Crippen LogP contribution in [0.2, 0.25) is 0 Å². The molecule has 0 aliphatic carbocycles. The van der Waals surface area contributed by atoms with Crippen molar-refractivity contribution in [3.8, 4) is 11.4 Å². The van der Waals surface area contributed by atoms with E-state index in [1.54, 1.807) is 16.8 Å². The van der Waals surface area contributed by atoms with Gasteiger partial charge in [-0.25, -0.2) is 9.48 Å². The Morgan fingerprint density at radius 3 is 2.32 bits per heavy atom. The van der Waals surface area contributed by atoms with E-state index in [1.165, 1.54) is 4.90 Å². The second kappa shape index (κ2) is 10.9. The van der Waals surface area contributed by atoms with Crippen LogP contribution in [-0.2, 0) is 10.2 Å². The van der Waals surface area contributed by atoms with Crippen molar-refractivity contribution in [1.82, 2.24) is 14.7 Å². The number of hydrogen-bond acceptors (Lipinski definition) is 4. The van der Waals surface area contributed by atoms with Gasteiger partial charge in [0.1, 0.15) is 18.1 Å². The van der Waals surface area contributed by atoms with Gasteiger partial charge in [-0.1, -0.05) is 51.1 Å². The quantitative estimate of drug-likeness (QED) is 0.489. The molecule has 3 aromatic rings. The molecule has 2 aromatic carbocycles. The highest BCUT2D eigenvalue weighted by Crippen LogP contribution is 2.27. The van der Waals surface area contributed by atoms with E-state index < -0.39 is 0 Å². The van der Waals surface area contributed by atoms with E-state index in [2.05, 4.69) is 31.4 Å². The van der Waals surface area contributed by atoms with Crippen molar-refractivity contribution in [2.24, 2.45) is 0 Å². The number of benzene rings is 2. The van der Waals surface area contributed by atoms with Gasteiger partial charge >= 0.3 is 6.03 Å². The van der Waals surface area contributed by atoms with Gasteiger partial charge in [0.2, 0.25) is 5.91 Å². The SMILES string of the molecule is CCOc1ccccc1NC(=O)N(CC)CC(=O)Nc1cc(C(C)(C)C)nn1-c1ccccc1. The zero-order valence-corrected chi connectivity index (χ0v) is 20.5. The topological polar surface area (TPSA) is 88.5 Å². The van der Waals surface area contributed by atoms with Gasteiger partial charge in [0.05, 0.1) is 23.7 Å². The minimum Gasteiger partial charge on any atom is -0.492 e. The average Bonchev–Trinajstić information content (AvgIpc) is 3.23. The summed E-state index contributed by atoms with van der Waals surface area (Å²) >= 11 is 0. The Hall–Kier alpha value is -3.81. The van der Waals surface area contributed by atoms with Gasteiger partial charge < -0.3 is 20.3 Å². The first-order valence-corrected chi connectivity index (χ1v) is 11.5. The molecule has 1 heterocycles. The molecule has 3 rings (SSSR count). The second-order valence-corrected chi connectivity index (χ2v) is 8.83. The molecule has 8 nitrogen and oxygen atoms in total. The maximum atomic E-state index is 13.0. The number of likely N-dealkylation sites (N-methyl/N-ethyl adjacent to an activating group) is 1. The first-order chi connectivity index (χ1) is 16.2. The number of anilines is 2. The van der Waals surface area contributed by atoms with Crippen LogP contribution in [0.3, 0.4) is 0 Å². The zero-order valence-electron chi connectivity index (χ0n) is 20.5. The molecule has 180 valence electrons. The summed E-state index contributed by atoms with van der Waals surface area (Å²) < 4.78 is 7.29. The summed E-state index contributed by atoms with van der Waals surface area (Å²) in [7, 11) is 0. The standard InChI is InChI=1S/C26H33N5O3/c1-6-30(25(33)27-20-15-11-12-16-21(20)34-7-2)18-24(32)28-23-17-22(26(3,4)5)29-31(23)19-13-9-8-10-14-19/h8-17H,6-7,18H2,1-5H3,(H,27,33)(H,28,32). The van der Waals surface area contributed by atoms with Gasteiger partial charge in [-0.15, -0.1) is 0 Å². The fourth-order valence-corrected chi connectivity index (χ4v) is 3.33. The predicted molar refractivity (Wildman–Crippen MR) is 135 cm³/mol. The third kappa shape index (κ3) is 6.15. The highest BCUT2D eigenvalue weighted by atomic mass is 16.5. The molecule has 0 aliphatic rings. The molecule has 34 heavy (non-hydrogen) atoms. The maximum absolute atomic E-state index is 13.0. The minimum absolute atomic E-state index is 0.107. The number of carbonyl (C=O) groups is 2. The molecule has 0 saturated carbocycles. The number of urea groups is 1. The summed E-state index contributed by atoms with van der Waals surface area (Å²) in [6.45, 7) is 10.7. The fourth-order valence-electron chi connectivity index (χ4n) is 3.33. The van der Waals surface area contributed by atoms with Gasteiger partial charge in [-0.3, -0.25) is 4.79 Å². The Kier molecular flexibility index (Phi) is 7.94. The number of nitrogens with zero attached hydrogens (tertiary/aromatic N) is 3. The van der Waals surface area contributed by atoms with Crippen molar-refractivity contribution in [1.29, 1.82) is 0 Å². The average molecular weight is 464 g/mol. The van der Waals surface area contributed by atoms with E-state index in [9.17, 15) is 9.59 Å². The highest BCUT2D eigenvalue weighted by Gasteiger charge is 2.23. The van der Waals surface area contributed by atoms with Crippen molar-refractivity contribution in [3.05, 3.63) is 66.4 Å². The molecular weight excluding hydrogens is 430 g/mol. The van der Waals surface area contributed by atoms with E-state index in [0.29, 0.717) is 30.4 Å². The Labute approximate surface area is 200 Å². The summed E-state index contributed by atoms with van der Waals surface area (Å²) in [5.74, 6) is 0.826. The van der Waals surface area contributed by atoms with Gasteiger partial charge in [0, 0.05) is 18.0 Å². The molecule has 0 spiro atoms. The molecule has 0 atom stereocenters. The lowest BCUT2D eigenvalue weighted by Crippen LogP contribution is -2.40. The first-order valence-electron chi connectivity index (χ1n) is 11.5. The zero-order chi connectivity index (χ0) is 24.7. The predicted octanol–water partition coefficient (Wildman–Crippen LogP) is 5.06. The fraction of sp³-hybridized carbons (Fsp3) is 0.346. The van der Waals surface area contributed by atoms with Crippen LogP contribution in [0.1, 0.15) is 40.3 Å². The van der Waals surface area contributed by atoms with Crippen LogP contribution in [-0.4, -0.2) is 46.3 Å². The van der Waals surface area contributed by atoms with Crippen LogP contribution in [0.25, 0.3) is 5.69 Å². The summed E-state index contributed by atoms with van der Waals surface area (Å²) in [5.41, 5.74) is 2.06. The molecule has 3 amide bonds. The third-order valence-corrected chi connectivity index (χ3v) is 5.18. The number of hydrogen-bond donors (Lipinski definition) is 2. The van der Waals surface area contributed by atoms with Gasteiger partial charge in [-0.2, -0.15) is 5.10 Å². The third-order valence-electron chi connectivity index (χ3n) is 5.18. The number of aromatic nitrogens is 2. The van der Waals surface area contributed by atoms with Crippen molar-refractivity contribution in [2.45, 2.75) is 40.0 Å². The molecule has 0 bridgehead atoms. The van der Waals surface area contributed by atoms with Crippen LogP contribution in [0.5, 0.6) is 5.75 Å². The molecular formula is C26H33N5O3. The molecule has 1 aromatic heterocycles. The van der Waals surface area contributed by atoms with E-state index in [1.807, 2.05) is 62.4 Å². The number of carbonyl (C=O) groups excluding carboxylic acids is 2. The van der Waals surface area contributed by atoms with Gasteiger partial charge in [-0.05, 0) is 38.1 Å². The molecule has 0 unspecified atom stereocenters. The van der Waals surface area contributed by atoms with E-state index >= 15 is 0 Å². The van der Waals surface area contributed by atoms with Crippen LogP contribution in [0.15, 0.2) is 60.7 Å². The molecule has 0 radical (unpaired) electrons. The van der Waals surface area contributed by atoms with Crippen molar-refractivity contribution in [2.75, 3.05) is 30.3 Å². The van der Waals surface area contributed by atoms with E-state index in [-0.39, 0.29) is 23.9 Å². The molecule has 2 N–H and O–H groups in total. The van der Waals surface area contributed by atoms with Crippen LogP contribution in [0, 0.1) is 0 Å². The monoisotopic (exact) mass is 463 g/mol. The lowest BCUT2D eigenvalue weighted by molar-refractivity contribution is -0.116. The molecule has 0 fully saturated rings. The van der Waals surface area contributed by atoms with E-state index in [0.717, 1.165) is 11.4 Å². The number of amides is 3. The van der Waals surface area contributed by atoms with Crippen LogP contribution in [0.4, 0.5) is 16.3 Å². The number of para-hydroxylation sites is 3. The maximum Gasteiger partial charge on any atom is 0.322 e. The minimum atomic E-state index is -0.378.